The largest absolute Gasteiger partial charge is 0.494 e. The summed E-state index contributed by atoms with van der Waals surface area (Å²) in [6.45, 7) is 7.04. The van der Waals surface area contributed by atoms with Gasteiger partial charge in [0.15, 0.2) is 15.9 Å². The van der Waals surface area contributed by atoms with Crippen LogP contribution in [0.1, 0.15) is 39.5 Å². The Bertz CT molecular complexity index is 1150. The third-order valence-corrected chi connectivity index (χ3v) is 7.39. The minimum atomic E-state index is -0.158. The molecule has 0 atom stereocenters. The van der Waals surface area contributed by atoms with E-state index in [1.807, 2.05) is 38.1 Å². The van der Waals surface area contributed by atoms with Gasteiger partial charge in [0.25, 0.3) is 5.56 Å². The van der Waals surface area contributed by atoms with Crippen LogP contribution in [0.3, 0.4) is 0 Å². The Balaban J connectivity index is 1.50. The molecule has 33 heavy (non-hydrogen) atoms. The van der Waals surface area contributed by atoms with Crippen molar-refractivity contribution in [2.45, 2.75) is 51.2 Å². The number of thiazole rings is 1. The van der Waals surface area contributed by atoms with Crippen molar-refractivity contribution in [1.29, 1.82) is 0 Å². The number of aromatic nitrogens is 3. The van der Waals surface area contributed by atoms with Crippen LogP contribution in [0.2, 0.25) is 0 Å². The van der Waals surface area contributed by atoms with Crippen LogP contribution in [0, 0.1) is 0 Å². The Morgan fingerprint density at radius 2 is 1.91 bits per heavy atom. The van der Waals surface area contributed by atoms with Crippen molar-refractivity contribution < 1.29 is 9.53 Å². The van der Waals surface area contributed by atoms with Crippen LogP contribution in [-0.4, -0.2) is 45.9 Å². The number of carbonyl (C=O) groups is 1. The summed E-state index contributed by atoms with van der Waals surface area (Å²) in [6.07, 6.45) is 4.33. The lowest BCUT2D eigenvalue weighted by Gasteiger charge is -2.25. The van der Waals surface area contributed by atoms with Crippen molar-refractivity contribution in [2.75, 3.05) is 35.7 Å². The fourth-order valence-corrected chi connectivity index (χ4v) is 5.58. The number of thioether (sulfide) groups is 1. The number of carbonyl (C=O) groups excluding carboxylic acids is 1. The Labute approximate surface area is 201 Å². The maximum Gasteiger partial charge on any atom is 0.273 e. The van der Waals surface area contributed by atoms with Gasteiger partial charge >= 0.3 is 0 Å². The number of rotatable bonds is 9. The van der Waals surface area contributed by atoms with E-state index in [0.29, 0.717) is 34.3 Å². The second kappa shape index (κ2) is 11.0. The number of hydrogen-bond acceptors (Lipinski definition) is 8. The molecule has 3 heterocycles. The second-order valence-corrected chi connectivity index (χ2v) is 9.76. The monoisotopic (exact) mass is 487 g/mol. The Morgan fingerprint density at radius 1 is 1.15 bits per heavy atom. The number of piperidine rings is 1. The zero-order valence-electron chi connectivity index (χ0n) is 19.0. The van der Waals surface area contributed by atoms with Gasteiger partial charge in [-0.05, 0) is 56.9 Å². The topological polar surface area (TPSA) is 89.3 Å². The van der Waals surface area contributed by atoms with Crippen molar-refractivity contribution >= 4 is 50.2 Å². The number of benzene rings is 1. The maximum atomic E-state index is 13.2. The molecule has 0 saturated carbocycles. The fraction of sp³-hybridized carbons (Fsp3) is 0.478. The minimum absolute atomic E-state index is 0.0722. The molecule has 0 bridgehead atoms. The van der Waals surface area contributed by atoms with Crippen LogP contribution in [0.4, 0.5) is 10.8 Å². The third-order valence-electron chi connectivity index (χ3n) is 5.33. The number of hydrogen-bond donors (Lipinski definition) is 1. The van der Waals surface area contributed by atoms with Gasteiger partial charge in [0.1, 0.15) is 10.4 Å². The average Bonchev–Trinajstić information content (AvgIpc) is 3.26. The van der Waals surface area contributed by atoms with E-state index in [9.17, 15) is 9.59 Å². The molecule has 4 rings (SSSR count). The number of ether oxygens (including phenoxy) is 1. The lowest BCUT2D eigenvalue weighted by molar-refractivity contribution is -0.113. The fourth-order valence-electron chi connectivity index (χ4n) is 3.76. The molecule has 1 amide bonds. The van der Waals surface area contributed by atoms with Crippen LogP contribution in [0.25, 0.3) is 10.3 Å². The van der Waals surface area contributed by atoms with Crippen LogP contribution in [0.5, 0.6) is 5.75 Å². The molecule has 1 saturated heterocycles. The van der Waals surface area contributed by atoms with Gasteiger partial charge in [0, 0.05) is 25.3 Å². The van der Waals surface area contributed by atoms with E-state index in [2.05, 4.69) is 20.2 Å². The summed E-state index contributed by atoms with van der Waals surface area (Å²) in [5.74, 6) is 0.754. The molecule has 1 N–H and O–H groups in total. The van der Waals surface area contributed by atoms with E-state index >= 15 is 0 Å². The number of amides is 1. The SMILES string of the molecule is CCCn1c(SCC(=O)Nc2ccc(OCC)cc2)nc2nc(N3CCCCC3)sc2c1=O. The average molecular weight is 488 g/mol. The Hall–Kier alpha value is -2.59. The van der Waals surface area contributed by atoms with Gasteiger partial charge in [-0.3, -0.25) is 14.2 Å². The lowest BCUT2D eigenvalue weighted by Crippen LogP contribution is -2.29. The van der Waals surface area contributed by atoms with Crippen LogP contribution >= 0.6 is 23.1 Å². The number of nitrogens with zero attached hydrogens (tertiary/aromatic N) is 4. The predicted molar refractivity (Wildman–Crippen MR) is 135 cm³/mol. The normalized spacial score (nSPS) is 13.9. The van der Waals surface area contributed by atoms with Crippen LogP contribution in [-0.2, 0) is 11.3 Å². The van der Waals surface area contributed by atoms with Gasteiger partial charge in [-0.1, -0.05) is 30.0 Å². The molecule has 3 aromatic rings. The summed E-state index contributed by atoms with van der Waals surface area (Å²) < 4.78 is 7.69. The molecule has 1 fully saturated rings. The van der Waals surface area contributed by atoms with Crippen LogP contribution < -0.4 is 20.5 Å². The van der Waals surface area contributed by atoms with Gasteiger partial charge in [0.2, 0.25) is 5.91 Å². The Kier molecular flexibility index (Phi) is 7.87. The van der Waals surface area contributed by atoms with E-state index in [1.54, 1.807) is 4.57 Å². The molecule has 0 spiro atoms. The van der Waals surface area contributed by atoms with Gasteiger partial charge in [0.05, 0.1) is 12.4 Å². The highest BCUT2D eigenvalue weighted by Crippen LogP contribution is 2.29. The predicted octanol–water partition coefficient (Wildman–Crippen LogP) is 4.38. The highest BCUT2D eigenvalue weighted by molar-refractivity contribution is 7.99. The van der Waals surface area contributed by atoms with Crippen molar-refractivity contribution in [2.24, 2.45) is 0 Å². The van der Waals surface area contributed by atoms with E-state index in [-0.39, 0.29) is 17.2 Å². The molecular weight excluding hydrogens is 458 g/mol. The number of anilines is 2. The summed E-state index contributed by atoms with van der Waals surface area (Å²) in [5, 5.41) is 4.28. The van der Waals surface area contributed by atoms with E-state index in [4.69, 9.17) is 4.74 Å². The first-order valence-electron chi connectivity index (χ1n) is 11.4. The summed E-state index contributed by atoms with van der Waals surface area (Å²) in [4.78, 5) is 37.3. The van der Waals surface area contributed by atoms with Crippen molar-refractivity contribution in [3.05, 3.63) is 34.6 Å². The molecule has 1 aliphatic heterocycles. The summed E-state index contributed by atoms with van der Waals surface area (Å²) in [7, 11) is 0. The summed E-state index contributed by atoms with van der Waals surface area (Å²) in [6, 6.07) is 7.26. The van der Waals surface area contributed by atoms with Gasteiger partial charge < -0.3 is 15.0 Å². The van der Waals surface area contributed by atoms with Gasteiger partial charge in [-0.25, -0.2) is 4.98 Å². The molecule has 0 unspecified atom stereocenters. The zero-order chi connectivity index (χ0) is 23.2. The molecular formula is C23H29N5O3S2. The van der Waals surface area contributed by atoms with Crippen LogP contribution in [0.15, 0.2) is 34.2 Å². The highest BCUT2D eigenvalue weighted by Gasteiger charge is 2.20. The first-order chi connectivity index (χ1) is 16.1. The molecule has 0 aliphatic carbocycles. The standard InChI is InChI=1S/C23H29N5O3S2/c1-3-12-28-21(30)19-20(25-22(33-19)27-13-6-5-7-14-27)26-23(28)32-15-18(29)24-16-8-10-17(11-9-16)31-4-2/h8-11H,3-7,12-15H2,1-2H3,(H,24,29). The molecule has 176 valence electrons. The van der Waals surface area contributed by atoms with Crippen molar-refractivity contribution in [3.63, 3.8) is 0 Å². The highest BCUT2D eigenvalue weighted by atomic mass is 32.2. The molecule has 8 nitrogen and oxygen atoms in total. The van der Waals surface area contributed by atoms with E-state index < -0.39 is 0 Å². The van der Waals surface area contributed by atoms with Gasteiger partial charge in [-0.2, -0.15) is 4.98 Å². The lowest BCUT2D eigenvalue weighted by atomic mass is 10.1. The quantitative estimate of drug-likeness (QED) is 0.354. The van der Waals surface area contributed by atoms with Gasteiger partial charge in [-0.15, -0.1) is 0 Å². The van der Waals surface area contributed by atoms with E-state index in [1.165, 1.54) is 29.5 Å². The van der Waals surface area contributed by atoms with Crippen molar-refractivity contribution in [1.82, 2.24) is 14.5 Å². The molecule has 0 radical (unpaired) electrons. The second-order valence-electron chi connectivity index (χ2n) is 7.84. The summed E-state index contributed by atoms with van der Waals surface area (Å²) >= 11 is 2.70. The Morgan fingerprint density at radius 3 is 2.61 bits per heavy atom. The molecule has 2 aromatic heterocycles. The minimum Gasteiger partial charge on any atom is -0.494 e. The summed E-state index contributed by atoms with van der Waals surface area (Å²) in [5.41, 5.74) is 1.11. The number of nitrogens with one attached hydrogen (secondary N) is 1. The smallest absolute Gasteiger partial charge is 0.273 e. The van der Waals surface area contributed by atoms with Crippen molar-refractivity contribution in [3.8, 4) is 5.75 Å². The zero-order valence-corrected chi connectivity index (χ0v) is 20.6. The number of fused-ring (bicyclic) bond motifs is 1. The molecule has 1 aliphatic rings. The molecule has 10 heteroatoms. The van der Waals surface area contributed by atoms with E-state index in [0.717, 1.165) is 43.2 Å². The first kappa shape index (κ1) is 23.6. The molecule has 1 aromatic carbocycles. The first-order valence-corrected chi connectivity index (χ1v) is 13.2. The third kappa shape index (κ3) is 5.67. The maximum absolute atomic E-state index is 13.2.